The molecule has 0 aliphatic rings. The van der Waals surface area contributed by atoms with E-state index in [1.807, 2.05) is 12.1 Å². The van der Waals surface area contributed by atoms with Crippen LogP contribution in [-0.2, 0) is 6.54 Å². The topological polar surface area (TPSA) is 24.1 Å². The van der Waals surface area contributed by atoms with E-state index in [1.54, 1.807) is 0 Å². The van der Waals surface area contributed by atoms with Crippen LogP contribution in [-0.4, -0.2) is 19.6 Å². The van der Waals surface area contributed by atoms with Crippen LogP contribution in [0.2, 0.25) is 0 Å². The maximum Gasteiger partial charge on any atom is 0.123 e. The van der Waals surface area contributed by atoms with E-state index >= 15 is 0 Å². The lowest BCUT2D eigenvalue weighted by Crippen LogP contribution is -2.27. The Bertz CT molecular complexity index is 259. The summed E-state index contributed by atoms with van der Waals surface area (Å²) in [5.74, 6) is -0.177. The predicted octanol–water partition coefficient (Wildman–Crippen LogP) is 1.91. The summed E-state index contributed by atoms with van der Waals surface area (Å²) in [6.45, 7) is 5.94. The van der Waals surface area contributed by atoms with Gasteiger partial charge in [0, 0.05) is 19.6 Å². The molecule has 0 amide bonds. The molecule has 0 saturated heterocycles. The highest BCUT2D eigenvalue weighted by molar-refractivity contribution is 5.15. The van der Waals surface area contributed by atoms with E-state index in [0.29, 0.717) is 0 Å². The summed E-state index contributed by atoms with van der Waals surface area (Å²) in [6, 6.07) is 6.60. The van der Waals surface area contributed by atoms with Gasteiger partial charge in [-0.25, -0.2) is 4.39 Å². The van der Waals surface area contributed by atoms with Gasteiger partial charge in [-0.3, -0.25) is 0 Å². The zero-order chi connectivity index (χ0) is 10.9. The Labute approximate surface area is 90.9 Å². The minimum Gasteiger partial charge on any atom is -0.315 e. The van der Waals surface area contributed by atoms with E-state index in [4.69, 9.17) is 0 Å². The Morgan fingerprint density at radius 1 is 1.00 bits per heavy atom. The van der Waals surface area contributed by atoms with Crippen molar-refractivity contribution in [3.8, 4) is 0 Å². The van der Waals surface area contributed by atoms with Crippen LogP contribution in [0.15, 0.2) is 24.3 Å². The van der Waals surface area contributed by atoms with Gasteiger partial charge in [0.25, 0.3) is 0 Å². The second kappa shape index (κ2) is 7.37. The van der Waals surface area contributed by atoms with Gasteiger partial charge in [0.2, 0.25) is 0 Å². The summed E-state index contributed by atoms with van der Waals surface area (Å²) in [4.78, 5) is 0. The van der Waals surface area contributed by atoms with Crippen molar-refractivity contribution in [3.63, 3.8) is 0 Å². The van der Waals surface area contributed by atoms with Gasteiger partial charge in [-0.15, -0.1) is 0 Å². The van der Waals surface area contributed by atoms with Crippen molar-refractivity contribution in [2.45, 2.75) is 19.9 Å². The number of halogens is 1. The fourth-order valence-electron chi connectivity index (χ4n) is 1.31. The average molecular weight is 210 g/mol. The van der Waals surface area contributed by atoms with E-state index in [-0.39, 0.29) is 5.82 Å². The first kappa shape index (κ1) is 12.1. The van der Waals surface area contributed by atoms with Crippen LogP contribution in [0.25, 0.3) is 0 Å². The van der Waals surface area contributed by atoms with E-state index in [0.717, 1.165) is 38.2 Å². The fraction of sp³-hybridized carbons (Fsp3) is 0.500. The van der Waals surface area contributed by atoms with Gasteiger partial charge < -0.3 is 10.6 Å². The molecule has 1 aromatic rings. The van der Waals surface area contributed by atoms with Crippen molar-refractivity contribution in [2.24, 2.45) is 0 Å². The van der Waals surface area contributed by atoms with Crippen LogP contribution >= 0.6 is 0 Å². The monoisotopic (exact) mass is 210 g/mol. The fourth-order valence-corrected chi connectivity index (χ4v) is 1.31. The first-order valence-electron chi connectivity index (χ1n) is 5.49. The molecule has 0 fully saturated rings. The summed E-state index contributed by atoms with van der Waals surface area (Å²) in [5.41, 5.74) is 1.12. The Morgan fingerprint density at radius 3 is 2.33 bits per heavy atom. The molecule has 0 aliphatic carbocycles. The normalized spacial score (nSPS) is 10.5. The molecule has 2 N–H and O–H groups in total. The molecular formula is C12H19FN2. The Balaban J connectivity index is 2.07. The number of benzene rings is 1. The Kier molecular flexibility index (Phi) is 5.97. The van der Waals surface area contributed by atoms with Gasteiger partial charge in [-0.2, -0.15) is 0 Å². The highest BCUT2D eigenvalue weighted by Crippen LogP contribution is 2.01. The summed E-state index contributed by atoms with van der Waals surface area (Å²) in [7, 11) is 0. The lowest BCUT2D eigenvalue weighted by Gasteiger charge is -2.05. The van der Waals surface area contributed by atoms with Crippen LogP contribution < -0.4 is 10.6 Å². The molecule has 84 valence electrons. The number of hydrogen-bond donors (Lipinski definition) is 2. The van der Waals surface area contributed by atoms with Crippen molar-refractivity contribution in [1.29, 1.82) is 0 Å². The molecule has 0 aliphatic heterocycles. The molecule has 0 aromatic heterocycles. The molecule has 0 unspecified atom stereocenters. The van der Waals surface area contributed by atoms with Crippen molar-refractivity contribution in [2.75, 3.05) is 19.6 Å². The first-order chi connectivity index (χ1) is 7.33. The van der Waals surface area contributed by atoms with Crippen LogP contribution in [0.3, 0.4) is 0 Å². The maximum absolute atomic E-state index is 12.6. The van der Waals surface area contributed by atoms with Crippen molar-refractivity contribution in [1.82, 2.24) is 10.6 Å². The third-order valence-electron chi connectivity index (χ3n) is 2.15. The smallest absolute Gasteiger partial charge is 0.123 e. The maximum atomic E-state index is 12.6. The molecule has 1 rings (SSSR count). The Morgan fingerprint density at radius 2 is 1.67 bits per heavy atom. The van der Waals surface area contributed by atoms with Gasteiger partial charge >= 0.3 is 0 Å². The van der Waals surface area contributed by atoms with Gasteiger partial charge in [0.15, 0.2) is 0 Å². The quantitative estimate of drug-likeness (QED) is 0.672. The van der Waals surface area contributed by atoms with Crippen molar-refractivity contribution in [3.05, 3.63) is 35.6 Å². The number of hydrogen-bond acceptors (Lipinski definition) is 2. The minimum absolute atomic E-state index is 0.177. The molecule has 3 heteroatoms. The highest BCUT2D eigenvalue weighted by atomic mass is 19.1. The molecular weight excluding hydrogens is 191 g/mol. The van der Waals surface area contributed by atoms with Gasteiger partial charge in [0.1, 0.15) is 5.82 Å². The van der Waals surface area contributed by atoms with Crippen LogP contribution in [0, 0.1) is 5.82 Å². The predicted molar refractivity (Wildman–Crippen MR) is 61.3 cm³/mol. The summed E-state index contributed by atoms with van der Waals surface area (Å²) in [5, 5.41) is 6.60. The number of nitrogens with one attached hydrogen (secondary N) is 2. The molecule has 0 heterocycles. The van der Waals surface area contributed by atoms with Gasteiger partial charge in [-0.1, -0.05) is 19.1 Å². The van der Waals surface area contributed by atoms with Gasteiger partial charge in [0.05, 0.1) is 0 Å². The second-order valence-corrected chi connectivity index (χ2v) is 3.55. The summed E-state index contributed by atoms with van der Waals surface area (Å²) < 4.78 is 12.6. The first-order valence-corrected chi connectivity index (χ1v) is 5.49. The van der Waals surface area contributed by atoms with Crippen molar-refractivity contribution < 1.29 is 4.39 Å². The third-order valence-corrected chi connectivity index (χ3v) is 2.15. The lowest BCUT2D eigenvalue weighted by molar-refractivity contribution is 0.604. The number of rotatable bonds is 7. The molecule has 0 spiro atoms. The third kappa shape index (κ3) is 5.50. The van der Waals surface area contributed by atoms with E-state index in [1.165, 1.54) is 12.1 Å². The SMILES string of the molecule is CCCNCCNCc1ccc(F)cc1. The zero-order valence-corrected chi connectivity index (χ0v) is 9.22. The molecule has 0 atom stereocenters. The average Bonchev–Trinajstić information content (AvgIpc) is 2.26. The largest absolute Gasteiger partial charge is 0.315 e. The summed E-state index contributed by atoms with van der Waals surface area (Å²) in [6.07, 6.45) is 1.16. The van der Waals surface area contributed by atoms with Crippen LogP contribution in [0.4, 0.5) is 4.39 Å². The van der Waals surface area contributed by atoms with E-state index in [2.05, 4.69) is 17.6 Å². The summed E-state index contributed by atoms with van der Waals surface area (Å²) >= 11 is 0. The van der Waals surface area contributed by atoms with Crippen LogP contribution in [0.1, 0.15) is 18.9 Å². The molecule has 2 nitrogen and oxygen atoms in total. The molecule has 0 bridgehead atoms. The van der Waals surface area contributed by atoms with E-state index in [9.17, 15) is 4.39 Å². The second-order valence-electron chi connectivity index (χ2n) is 3.55. The molecule has 15 heavy (non-hydrogen) atoms. The highest BCUT2D eigenvalue weighted by Gasteiger charge is 1.93. The Hall–Kier alpha value is -0.930. The molecule has 0 saturated carbocycles. The zero-order valence-electron chi connectivity index (χ0n) is 9.22. The molecule has 1 aromatic carbocycles. The van der Waals surface area contributed by atoms with E-state index < -0.39 is 0 Å². The molecule has 0 radical (unpaired) electrons. The van der Waals surface area contributed by atoms with Crippen molar-refractivity contribution >= 4 is 0 Å². The van der Waals surface area contributed by atoms with Gasteiger partial charge in [-0.05, 0) is 30.7 Å². The standard InChI is InChI=1S/C12H19FN2/c1-2-7-14-8-9-15-10-11-3-5-12(13)6-4-11/h3-6,14-15H,2,7-10H2,1H3. The minimum atomic E-state index is -0.177. The lowest BCUT2D eigenvalue weighted by atomic mass is 10.2. The van der Waals surface area contributed by atoms with Crippen LogP contribution in [0.5, 0.6) is 0 Å².